The molecule has 1 aliphatic heterocycles. The molecule has 0 radical (unpaired) electrons. The van der Waals surface area contributed by atoms with E-state index in [-0.39, 0.29) is 0 Å². The lowest BCUT2D eigenvalue weighted by molar-refractivity contribution is 0.274. The van der Waals surface area contributed by atoms with Crippen molar-refractivity contribution in [2.75, 3.05) is 12.3 Å². The monoisotopic (exact) mass is 282 g/mol. The second-order valence-electron chi connectivity index (χ2n) is 6.34. The van der Waals surface area contributed by atoms with Gasteiger partial charge in [0.15, 0.2) is 5.17 Å². The fraction of sp³-hybridized carbons (Fsp3) is 0.938. The molecule has 0 atom stereocenters. The van der Waals surface area contributed by atoms with Crippen molar-refractivity contribution >= 4 is 16.9 Å². The number of amidine groups is 1. The third kappa shape index (κ3) is 3.90. The van der Waals surface area contributed by atoms with Gasteiger partial charge >= 0.3 is 0 Å². The largest absolute Gasteiger partial charge is 0.359 e. The number of nitrogens with one attached hydrogen (secondary N) is 1. The van der Waals surface area contributed by atoms with Crippen LogP contribution in [0.4, 0.5) is 0 Å². The van der Waals surface area contributed by atoms with E-state index in [1.165, 1.54) is 55.9 Å². The van der Waals surface area contributed by atoms with Crippen LogP contribution in [0.1, 0.15) is 65.7 Å². The van der Waals surface area contributed by atoms with E-state index in [2.05, 4.69) is 26.1 Å². The van der Waals surface area contributed by atoms with E-state index in [0.29, 0.717) is 5.54 Å². The number of hydrogen-bond acceptors (Lipinski definition) is 2. The van der Waals surface area contributed by atoms with Crippen molar-refractivity contribution in [3.05, 3.63) is 0 Å². The molecule has 0 unspecified atom stereocenters. The SMILES string of the molecule is CCC1CCC(CN=C2NC(CC)(CC)CS2)CC1. The van der Waals surface area contributed by atoms with Gasteiger partial charge in [0.2, 0.25) is 0 Å². The molecule has 2 nitrogen and oxygen atoms in total. The molecule has 110 valence electrons. The molecule has 0 bridgehead atoms. The summed E-state index contributed by atoms with van der Waals surface area (Å²) >= 11 is 1.93. The molecular formula is C16H30N2S. The highest BCUT2D eigenvalue weighted by Crippen LogP contribution is 2.32. The van der Waals surface area contributed by atoms with E-state index in [0.717, 1.165) is 18.4 Å². The van der Waals surface area contributed by atoms with Crippen LogP contribution >= 0.6 is 11.8 Å². The highest BCUT2D eigenvalue weighted by Gasteiger charge is 2.33. The lowest BCUT2D eigenvalue weighted by Crippen LogP contribution is -2.42. The molecule has 1 saturated heterocycles. The zero-order valence-corrected chi connectivity index (χ0v) is 13.7. The van der Waals surface area contributed by atoms with Crippen molar-refractivity contribution in [1.82, 2.24) is 5.32 Å². The maximum atomic E-state index is 4.86. The van der Waals surface area contributed by atoms with Crippen LogP contribution in [-0.4, -0.2) is 23.0 Å². The minimum atomic E-state index is 0.323. The topological polar surface area (TPSA) is 24.4 Å². The van der Waals surface area contributed by atoms with E-state index in [1.54, 1.807) is 0 Å². The van der Waals surface area contributed by atoms with Gasteiger partial charge in [-0.05, 0) is 37.5 Å². The van der Waals surface area contributed by atoms with Crippen LogP contribution in [0, 0.1) is 11.8 Å². The Balaban J connectivity index is 1.78. The Morgan fingerprint density at radius 2 is 1.74 bits per heavy atom. The summed E-state index contributed by atoms with van der Waals surface area (Å²) in [6.45, 7) is 7.95. The molecule has 2 aliphatic rings. The Labute approximate surface area is 123 Å². The van der Waals surface area contributed by atoms with Gasteiger partial charge in [-0.25, -0.2) is 0 Å². The average molecular weight is 282 g/mol. The Hall–Kier alpha value is -0.180. The first-order chi connectivity index (χ1) is 9.21. The summed E-state index contributed by atoms with van der Waals surface area (Å²) in [4.78, 5) is 4.86. The molecule has 0 aromatic rings. The molecule has 0 amide bonds. The minimum Gasteiger partial charge on any atom is -0.359 e. The van der Waals surface area contributed by atoms with Crippen LogP contribution in [0.2, 0.25) is 0 Å². The Morgan fingerprint density at radius 1 is 1.11 bits per heavy atom. The van der Waals surface area contributed by atoms with E-state index < -0.39 is 0 Å². The molecule has 0 aromatic heterocycles. The number of nitrogens with zero attached hydrogens (tertiary/aromatic N) is 1. The highest BCUT2D eigenvalue weighted by atomic mass is 32.2. The van der Waals surface area contributed by atoms with Gasteiger partial charge in [-0.1, -0.05) is 51.8 Å². The van der Waals surface area contributed by atoms with Crippen LogP contribution in [0.15, 0.2) is 4.99 Å². The second-order valence-corrected chi connectivity index (χ2v) is 7.31. The van der Waals surface area contributed by atoms with Crippen molar-refractivity contribution in [2.45, 2.75) is 71.3 Å². The van der Waals surface area contributed by atoms with Crippen LogP contribution in [-0.2, 0) is 0 Å². The lowest BCUT2D eigenvalue weighted by Gasteiger charge is -2.27. The number of thioether (sulfide) groups is 1. The lowest BCUT2D eigenvalue weighted by atomic mass is 9.81. The van der Waals surface area contributed by atoms with Gasteiger partial charge in [0.05, 0.1) is 0 Å². The summed E-state index contributed by atoms with van der Waals surface area (Å²) in [7, 11) is 0. The maximum Gasteiger partial charge on any atom is 0.157 e. The van der Waals surface area contributed by atoms with Gasteiger partial charge in [-0.2, -0.15) is 0 Å². The first-order valence-electron chi connectivity index (χ1n) is 8.16. The standard InChI is InChI=1S/C16H30N2S/c1-4-13-7-9-14(10-8-13)11-17-15-18-16(5-2,6-3)12-19-15/h13-14H,4-12H2,1-3H3,(H,17,18). The highest BCUT2D eigenvalue weighted by molar-refractivity contribution is 8.14. The quantitative estimate of drug-likeness (QED) is 0.805. The van der Waals surface area contributed by atoms with Crippen molar-refractivity contribution < 1.29 is 0 Å². The minimum absolute atomic E-state index is 0.323. The molecule has 1 heterocycles. The Bertz CT molecular complexity index is 302. The first-order valence-corrected chi connectivity index (χ1v) is 9.15. The fourth-order valence-electron chi connectivity index (χ4n) is 3.26. The van der Waals surface area contributed by atoms with Crippen LogP contribution in [0.3, 0.4) is 0 Å². The molecule has 2 rings (SSSR count). The zero-order valence-electron chi connectivity index (χ0n) is 12.9. The van der Waals surface area contributed by atoms with Crippen molar-refractivity contribution in [3.8, 4) is 0 Å². The van der Waals surface area contributed by atoms with Crippen LogP contribution in [0.5, 0.6) is 0 Å². The van der Waals surface area contributed by atoms with Crippen molar-refractivity contribution in [1.29, 1.82) is 0 Å². The normalized spacial score (nSPS) is 32.5. The molecule has 2 fully saturated rings. The van der Waals surface area contributed by atoms with Crippen LogP contribution in [0.25, 0.3) is 0 Å². The summed E-state index contributed by atoms with van der Waals surface area (Å²) in [6.07, 6.45) is 9.43. The molecular weight excluding hydrogens is 252 g/mol. The molecule has 1 N–H and O–H groups in total. The van der Waals surface area contributed by atoms with Gasteiger partial charge in [-0.15, -0.1) is 0 Å². The number of rotatable bonds is 5. The van der Waals surface area contributed by atoms with Crippen LogP contribution < -0.4 is 5.32 Å². The average Bonchev–Trinajstić information content (AvgIpc) is 2.90. The van der Waals surface area contributed by atoms with Crippen molar-refractivity contribution in [2.24, 2.45) is 16.8 Å². The maximum absolute atomic E-state index is 4.86. The molecule has 1 aliphatic carbocycles. The van der Waals surface area contributed by atoms with Gasteiger partial charge in [0.25, 0.3) is 0 Å². The summed E-state index contributed by atoms with van der Waals surface area (Å²) < 4.78 is 0. The Kier molecular flexibility index (Phi) is 5.61. The molecule has 19 heavy (non-hydrogen) atoms. The predicted octanol–water partition coefficient (Wildman–Crippen LogP) is 4.45. The van der Waals surface area contributed by atoms with Crippen molar-refractivity contribution in [3.63, 3.8) is 0 Å². The predicted molar refractivity (Wildman–Crippen MR) is 86.9 cm³/mol. The number of aliphatic imine (C=N–C) groups is 1. The number of hydrogen-bond donors (Lipinski definition) is 1. The summed E-state index contributed by atoms with van der Waals surface area (Å²) in [5.74, 6) is 3.04. The van der Waals surface area contributed by atoms with E-state index in [4.69, 9.17) is 4.99 Å². The van der Waals surface area contributed by atoms with E-state index in [1.807, 2.05) is 11.8 Å². The summed E-state index contributed by atoms with van der Waals surface area (Å²) in [6, 6.07) is 0. The van der Waals surface area contributed by atoms with E-state index >= 15 is 0 Å². The van der Waals surface area contributed by atoms with Gasteiger partial charge in [0, 0.05) is 17.8 Å². The van der Waals surface area contributed by atoms with Gasteiger partial charge in [0.1, 0.15) is 0 Å². The van der Waals surface area contributed by atoms with Gasteiger partial charge < -0.3 is 5.32 Å². The molecule has 1 saturated carbocycles. The van der Waals surface area contributed by atoms with E-state index in [9.17, 15) is 0 Å². The Morgan fingerprint density at radius 3 is 2.26 bits per heavy atom. The zero-order chi connectivity index (χ0) is 13.7. The first kappa shape index (κ1) is 15.2. The third-order valence-corrected chi connectivity index (χ3v) is 6.45. The summed E-state index contributed by atoms with van der Waals surface area (Å²) in [5, 5.41) is 4.89. The second kappa shape index (κ2) is 7.01. The molecule has 0 spiro atoms. The van der Waals surface area contributed by atoms with Gasteiger partial charge in [-0.3, -0.25) is 4.99 Å². The smallest absolute Gasteiger partial charge is 0.157 e. The molecule has 3 heteroatoms. The fourth-order valence-corrected chi connectivity index (χ4v) is 4.60. The summed E-state index contributed by atoms with van der Waals surface area (Å²) in [5.41, 5.74) is 0.323. The third-order valence-electron chi connectivity index (χ3n) is 5.25. The molecule has 0 aromatic carbocycles.